The monoisotopic (exact) mass is 239 g/mol. The maximum absolute atomic E-state index is 11.9. The lowest BCUT2D eigenvalue weighted by Gasteiger charge is -2.30. The molecule has 96 valence electrons. The Hall–Kier alpha value is -0.900. The second-order valence-corrected chi connectivity index (χ2v) is 5.15. The zero-order valence-corrected chi connectivity index (χ0v) is 10.3. The first kappa shape index (κ1) is 12.6. The van der Waals surface area contributed by atoms with Crippen LogP contribution in [0.25, 0.3) is 0 Å². The zero-order chi connectivity index (χ0) is 12.1. The van der Waals surface area contributed by atoms with Crippen LogP contribution < -0.4 is 0 Å². The summed E-state index contributed by atoms with van der Waals surface area (Å²) in [4.78, 5) is 27.9. The minimum Gasteiger partial charge on any atom is -0.368 e. The van der Waals surface area contributed by atoms with Gasteiger partial charge in [0.2, 0.25) is 0 Å². The molecular formula is C13H21NO3. The van der Waals surface area contributed by atoms with Gasteiger partial charge in [0.25, 0.3) is 0 Å². The fourth-order valence-corrected chi connectivity index (χ4v) is 2.64. The highest BCUT2D eigenvalue weighted by atomic mass is 16.7. The van der Waals surface area contributed by atoms with Crippen molar-refractivity contribution in [2.24, 2.45) is 11.8 Å². The van der Waals surface area contributed by atoms with Crippen LogP contribution in [0.15, 0.2) is 0 Å². The van der Waals surface area contributed by atoms with Crippen molar-refractivity contribution < 1.29 is 14.4 Å². The zero-order valence-electron chi connectivity index (χ0n) is 10.3. The average molecular weight is 239 g/mol. The van der Waals surface area contributed by atoms with Crippen molar-refractivity contribution in [1.82, 2.24) is 5.06 Å². The van der Waals surface area contributed by atoms with Crippen molar-refractivity contribution in [2.45, 2.75) is 44.9 Å². The number of hydrogen-bond donors (Lipinski definition) is 0. The molecule has 1 aliphatic heterocycles. The van der Waals surface area contributed by atoms with Gasteiger partial charge in [-0.1, -0.05) is 19.3 Å². The Morgan fingerprint density at radius 2 is 1.71 bits per heavy atom. The molecule has 0 unspecified atom stereocenters. The topological polar surface area (TPSA) is 46.6 Å². The molecule has 4 nitrogen and oxygen atoms in total. The SMILES string of the molecule is O=CC1CCN(OC(=O)C2CCCCC2)CC1. The van der Waals surface area contributed by atoms with Gasteiger partial charge in [0.05, 0.1) is 5.92 Å². The van der Waals surface area contributed by atoms with Gasteiger partial charge in [-0.05, 0) is 25.7 Å². The summed E-state index contributed by atoms with van der Waals surface area (Å²) >= 11 is 0. The fourth-order valence-electron chi connectivity index (χ4n) is 2.64. The van der Waals surface area contributed by atoms with Crippen LogP contribution >= 0.6 is 0 Å². The van der Waals surface area contributed by atoms with Crippen LogP contribution in [0.3, 0.4) is 0 Å². The Morgan fingerprint density at radius 1 is 1.06 bits per heavy atom. The molecule has 0 spiro atoms. The largest absolute Gasteiger partial charge is 0.368 e. The van der Waals surface area contributed by atoms with Gasteiger partial charge < -0.3 is 9.63 Å². The lowest BCUT2D eigenvalue weighted by atomic mass is 9.89. The van der Waals surface area contributed by atoms with Crippen molar-refractivity contribution in [3.63, 3.8) is 0 Å². The van der Waals surface area contributed by atoms with Crippen molar-refractivity contribution in [3.8, 4) is 0 Å². The Bertz CT molecular complexity index is 266. The standard InChI is InChI=1S/C13H21NO3/c15-10-11-6-8-14(9-7-11)17-13(16)12-4-2-1-3-5-12/h10-12H,1-9H2. The molecule has 0 bridgehead atoms. The van der Waals surface area contributed by atoms with Gasteiger partial charge in [-0.15, -0.1) is 5.06 Å². The third kappa shape index (κ3) is 3.53. The number of hydrogen-bond acceptors (Lipinski definition) is 4. The Balaban J connectivity index is 1.73. The Kier molecular flexibility index (Phi) is 4.54. The molecule has 0 aromatic heterocycles. The van der Waals surface area contributed by atoms with Gasteiger partial charge >= 0.3 is 5.97 Å². The van der Waals surface area contributed by atoms with Crippen molar-refractivity contribution in [2.75, 3.05) is 13.1 Å². The highest BCUT2D eigenvalue weighted by Gasteiger charge is 2.27. The molecule has 0 aromatic rings. The first-order chi connectivity index (χ1) is 8.29. The van der Waals surface area contributed by atoms with Crippen molar-refractivity contribution >= 4 is 12.3 Å². The maximum Gasteiger partial charge on any atom is 0.328 e. The summed E-state index contributed by atoms with van der Waals surface area (Å²) in [6, 6.07) is 0. The lowest BCUT2D eigenvalue weighted by Crippen LogP contribution is -2.38. The van der Waals surface area contributed by atoms with Gasteiger partial charge in [0.1, 0.15) is 6.29 Å². The third-order valence-corrected chi connectivity index (χ3v) is 3.85. The van der Waals surface area contributed by atoms with E-state index < -0.39 is 0 Å². The van der Waals surface area contributed by atoms with E-state index in [2.05, 4.69) is 0 Å². The van der Waals surface area contributed by atoms with E-state index in [1.165, 1.54) is 6.42 Å². The summed E-state index contributed by atoms with van der Waals surface area (Å²) in [5, 5.41) is 1.73. The van der Waals surface area contributed by atoms with Crippen LogP contribution in [0, 0.1) is 11.8 Å². The van der Waals surface area contributed by atoms with Gasteiger partial charge in [-0.2, -0.15) is 0 Å². The van der Waals surface area contributed by atoms with E-state index in [0.717, 1.165) is 44.8 Å². The van der Waals surface area contributed by atoms with Crippen molar-refractivity contribution in [1.29, 1.82) is 0 Å². The Morgan fingerprint density at radius 3 is 2.29 bits per heavy atom. The van der Waals surface area contributed by atoms with E-state index in [0.29, 0.717) is 13.1 Å². The molecule has 2 rings (SSSR count). The molecule has 0 radical (unpaired) electrons. The first-order valence-corrected chi connectivity index (χ1v) is 6.71. The molecule has 0 amide bonds. The highest BCUT2D eigenvalue weighted by molar-refractivity contribution is 5.72. The molecule has 1 saturated carbocycles. The van der Waals surface area contributed by atoms with Crippen LogP contribution in [-0.2, 0) is 14.4 Å². The lowest BCUT2D eigenvalue weighted by molar-refractivity contribution is -0.202. The van der Waals surface area contributed by atoms with Crippen LogP contribution in [-0.4, -0.2) is 30.4 Å². The van der Waals surface area contributed by atoms with Crippen LogP contribution in [0.4, 0.5) is 0 Å². The molecule has 0 N–H and O–H groups in total. The minimum atomic E-state index is -0.0609. The molecule has 2 fully saturated rings. The molecule has 0 aromatic carbocycles. The molecule has 4 heteroatoms. The second kappa shape index (κ2) is 6.15. The van der Waals surface area contributed by atoms with E-state index in [9.17, 15) is 9.59 Å². The molecule has 1 saturated heterocycles. The summed E-state index contributed by atoms with van der Waals surface area (Å²) in [6.07, 6.45) is 8.12. The number of nitrogens with zero attached hydrogens (tertiary/aromatic N) is 1. The molecule has 2 aliphatic rings. The highest BCUT2D eigenvalue weighted by Crippen LogP contribution is 2.25. The summed E-state index contributed by atoms with van der Waals surface area (Å²) in [5.41, 5.74) is 0. The van der Waals surface area contributed by atoms with Gasteiger partial charge in [0.15, 0.2) is 0 Å². The minimum absolute atomic E-state index is 0.0609. The normalized spacial score (nSPS) is 24.5. The van der Waals surface area contributed by atoms with E-state index >= 15 is 0 Å². The quantitative estimate of drug-likeness (QED) is 0.706. The summed E-state index contributed by atoms with van der Waals surface area (Å²) in [5.74, 6) is 0.196. The third-order valence-electron chi connectivity index (χ3n) is 3.85. The molecule has 1 aliphatic carbocycles. The molecule has 0 atom stereocenters. The first-order valence-electron chi connectivity index (χ1n) is 6.71. The molecule has 1 heterocycles. The Labute approximate surface area is 102 Å². The van der Waals surface area contributed by atoms with Crippen molar-refractivity contribution in [3.05, 3.63) is 0 Å². The molecule has 17 heavy (non-hydrogen) atoms. The van der Waals surface area contributed by atoms with Crippen LogP contribution in [0.2, 0.25) is 0 Å². The predicted octanol–water partition coefficient (Wildman–Crippen LogP) is 1.94. The van der Waals surface area contributed by atoms with E-state index in [-0.39, 0.29) is 17.8 Å². The summed E-state index contributed by atoms with van der Waals surface area (Å²) in [6.45, 7) is 1.39. The van der Waals surface area contributed by atoms with Crippen LogP contribution in [0.5, 0.6) is 0 Å². The van der Waals surface area contributed by atoms with E-state index in [1.54, 1.807) is 5.06 Å². The van der Waals surface area contributed by atoms with Crippen LogP contribution in [0.1, 0.15) is 44.9 Å². The molecular weight excluding hydrogens is 218 g/mol. The van der Waals surface area contributed by atoms with E-state index in [1.807, 2.05) is 0 Å². The smallest absolute Gasteiger partial charge is 0.328 e. The van der Waals surface area contributed by atoms with Gasteiger partial charge in [-0.25, -0.2) is 0 Å². The predicted molar refractivity (Wildman–Crippen MR) is 63.0 cm³/mol. The number of piperidine rings is 1. The summed E-state index contributed by atoms with van der Waals surface area (Å²) in [7, 11) is 0. The fraction of sp³-hybridized carbons (Fsp3) is 0.846. The second-order valence-electron chi connectivity index (χ2n) is 5.15. The number of hydroxylamine groups is 2. The number of carbonyl (C=O) groups is 2. The van der Waals surface area contributed by atoms with E-state index in [4.69, 9.17) is 4.84 Å². The number of carbonyl (C=O) groups excluding carboxylic acids is 2. The number of rotatable bonds is 3. The van der Waals surface area contributed by atoms with Gasteiger partial charge in [0, 0.05) is 19.0 Å². The maximum atomic E-state index is 11.9. The average Bonchev–Trinajstić information content (AvgIpc) is 2.40. The summed E-state index contributed by atoms with van der Waals surface area (Å²) < 4.78 is 0. The van der Waals surface area contributed by atoms with Gasteiger partial charge in [-0.3, -0.25) is 4.79 Å². The number of aldehydes is 1.